The summed E-state index contributed by atoms with van der Waals surface area (Å²) in [7, 11) is -1.52. The lowest BCUT2D eigenvalue weighted by molar-refractivity contribution is 0.461. The normalized spacial score (nSPS) is 12.4. The SMILES string of the molecule is CCNC(=NCc1ccccc1-n1nc(C)cc1C)NCCCN(C)S(=O)(=O)CC. The summed E-state index contributed by atoms with van der Waals surface area (Å²) in [6.07, 6.45) is 0.697. The molecule has 0 aliphatic heterocycles. The largest absolute Gasteiger partial charge is 0.357 e. The Kier molecular flexibility index (Phi) is 8.86. The number of benzene rings is 1. The fourth-order valence-corrected chi connectivity index (χ4v) is 3.95. The van der Waals surface area contributed by atoms with Gasteiger partial charge in [0.25, 0.3) is 0 Å². The van der Waals surface area contributed by atoms with Crippen LogP contribution in [0.25, 0.3) is 5.69 Å². The lowest BCUT2D eigenvalue weighted by atomic mass is 10.2. The van der Waals surface area contributed by atoms with Gasteiger partial charge in [-0.3, -0.25) is 0 Å². The molecule has 0 radical (unpaired) electrons. The molecular weight excluding hydrogens is 400 g/mol. The van der Waals surface area contributed by atoms with Crippen LogP contribution in [0.15, 0.2) is 35.3 Å². The van der Waals surface area contributed by atoms with Crippen LogP contribution < -0.4 is 10.6 Å². The monoisotopic (exact) mass is 434 g/mol. The van der Waals surface area contributed by atoms with Crippen molar-refractivity contribution in [2.45, 2.75) is 40.7 Å². The molecule has 0 atom stereocenters. The highest BCUT2D eigenvalue weighted by atomic mass is 32.2. The zero-order chi connectivity index (χ0) is 22.1. The predicted octanol–water partition coefficient (Wildman–Crippen LogP) is 2.22. The van der Waals surface area contributed by atoms with Gasteiger partial charge in [0.1, 0.15) is 0 Å². The number of guanidine groups is 1. The Morgan fingerprint density at radius 3 is 2.57 bits per heavy atom. The van der Waals surface area contributed by atoms with Crippen LogP contribution in [0.1, 0.15) is 37.2 Å². The number of aryl methyl sites for hydroxylation is 2. The van der Waals surface area contributed by atoms with Crippen LogP contribution in [0.2, 0.25) is 0 Å². The van der Waals surface area contributed by atoms with E-state index in [0.29, 0.717) is 32.0 Å². The molecule has 1 heterocycles. The molecule has 2 rings (SSSR count). The lowest BCUT2D eigenvalue weighted by Crippen LogP contribution is -2.39. The number of nitrogens with zero attached hydrogens (tertiary/aromatic N) is 4. The molecule has 1 aromatic heterocycles. The van der Waals surface area contributed by atoms with Gasteiger partial charge in [-0.05, 0) is 51.8 Å². The van der Waals surface area contributed by atoms with Crippen LogP contribution in [0.5, 0.6) is 0 Å². The molecule has 0 fully saturated rings. The van der Waals surface area contributed by atoms with E-state index >= 15 is 0 Å². The maximum Gasteiger partial charge on any atom is 0.213 e. The first-order chi connectivity index (χ1) is 14.3. The molecule has 166 valence electrons. The Morgan fingerprint density at radius 2 is 1.93 bits per heavy atom. The lowest BCUT2D eigenvalue weighted by Gasteiger charge is -2.17. The summed E-state index contributed by atoms with van der Waals surface area (Å²) in [6.45, 7) is 10.1. The molecule has 0 saturated carbocycles. The van der Waals surface area contributed by atoms with Gasteiger partial charge in [-0.15, -0.1) is 0 Å². The van der Waals surface area contributed by atoms with E-state index in [1.54, 1.807) is 14.0 Å². The standard InChI is InChI=1S/C21H34N6O2S/c1-6-22-21(23-13-10-14-26(5)30(28,29)7-2)24-16-19-11-8-9-12-20(19)27-18(4)15-17(3)25-27/h8-9,11-12,15H,6-7,10,13-14,16H2,1-5H3,(H2,22,23,24). The second-order valence-corrected chi connectivity index (χ2v) is 9.53. The highest BCUT2D eigenvalue weighted by molar-refractivity contribution is 7.89. The number of nitrogens with one attached hydrogen (secondary N) is 2. The number of aliphatic imine (C=N–C) groups is 1. The van der Waals surface area contributed by atoms with Crippen molar-refractivity contribution in [1.29, 1.82) is 0 Å². The van der Waals surface area contributed by atoms with Crippen LogP contribution in [-0.4, -0.2) is 60.9 Å². The van der Waals surface area contributed by atoms with Crippen molar-refractivity contribution in [2.75, 3.05) is 32.4 Å². The van der Waals surface area contributed by atoms with Crippen LogP contribution in [0.3, 0.4) is 0 Å². The summed E-state index contributed by atoms with van der Waals surface area (Å²) in [4.78, 5) is 4.71. The van der Waals surface area contributed by atoms with E-state index in [2.05, 4.69) is 33.9 Å². The summed E-state index contributed by atoms with van der Waals surface area (Å²) in [5.41, 5.74) is 4.17. The smallest absolute Gasteiger partial charge is 0.213 e. The molecule has 2 aromatic rings. The van der Waals surface area contributed by atoms with Gasteiger partial charge in [0.15, 0.2) is 5.96 Å². The molecule has 9 heteroatoms. The molecule has 30 heavy (non-hydrogen) atoms. The maximum atomic E-state index is 11.8. The number of hydrogen-bond donors (Lipinski definition) is 2. The van der Waals surface area contributed by atoms with Crippen LogP contribution in [0, 0.1) is 13.8 Å². The van der Waals surface area contributed by atoms with E-state index in [0.717, 1.165) is 29.2 Å². The van der Waals surface area contributed by atoms with E-state index in [9.17, 15) is 8.42 Å². The van der Waals surface area contributed by atoms with Crippen LogP contribution in [-0.2, 0) is 16.6 Å². The molecule has 0 spiro atoms. The van der Waals surface area contributed by atoms with Gasteiger partial charge in [-0.1, -0.05) is 18.2 Å². The van der Waals surface area contributed by atoms with Gasteiger partial charge in [0.05, 0.1) is 23.7 Å². The Balaban J connectivity index is 2.03. The quantitative estimate of drug-likeness (QED) is 0.340. The molecule has 0 bridgehead atoms. The number of rotatable bonds is 10. The highest BCUT2D eigenvalue weighted by Crippen LogP contribution is 2.17. The maximum absolute atomic E-state index is 11.8. The van der Waals surface area contributed by atoms with Crippen LogP contribution >= 0.6 is 0 Å². The van der Waals surface area contributed by atoms with E-state index in [1.165, 1.54) is 4.31 Å². The van der Waals surface area contributed by atoms with Crippen molar-refractivity contribution in [1.82, 2.24) is 24.7 Å². The Bertz CT molecular complexity index is 952. The zero-order valence-electron chi connectivity index (χ0n) is 18.6. The van der Waals surface area contributed by atoms with Crippen LogP contribution in [0.4, 0.5) is 0 Å². The van der Waals surface area contributed by atoms with Crippen molar-refractivity contribution in [2.24, 2.45) is 4.99 Å². The minimum atomic E-state index is -3.14. The topological polar surface area (TPSA) is 91.6 Å². The number of sulfonamides is 1. The average Bonchev–Trinajstić information content (AvgIpc) is 3.06. The summed E-state index contributed by atoms with van der Waals surface area (Å²) in [6, 6.07) is 10.2. The van der Waals surface area contributed by atoms with Gasteiger partial charge < -0.3 is 10.6 Å². The number of aromatic nitrogens is 2. The zero-order valence-corrected chi connectivity index (χ0v) is 19.5. The second kappa shape index (κ2) is 11.1. The number of para-hydroxylation sites is 1. The highest BCUT2D eigenvalue weighted by Gasteiger charge is 2.14. The first-order valence-electron chi connectivity index (χ1n) is 10.4. The minimum Gasteiger partial charge on any atom is -0.357 e. The minimum absolute atomic E-state index is 0.121. The Morgan fingerprint density at radius 1 is 1.20 bits per heavy atom. The van der Waals surface area contributed by atoms with Gasteiger partial charge in [0.2, 0.25) is 10.0 Å². The third-order valence-electron chi connectivity index (χ3n) is 4.76. The van der Waals surface area contributed by atoms with Gasteiger partial charge in [-0.2, -0.15) is 5.10 Å². The van der Waals surface area contributed by atoms with E-state index in [4.69, 9.17) is 4.99 Å². The third kappa shape index (κ3) is 6.56. The summed E-state index contributed by atoms with van der Waals surface area (Å²) in [5.74, 6) is 0.831. The summed E-state index contributed by atoms with van der Waals surface area (Å²) in [5, 5.41) is 11.1. The molecule has 2 N–H and O–H groups in total. The fourth-order valence-electron chi connectivity index (χ4n) is 3.10. The predicted molar refractivity (Wildman–Crippen MR) is 123 cm³/mol. The van der Waals surface area contributed by atoms with Gasteiger partial charge in [0, 0.05) is 32.4 Å². The summed E-state index contributed by atoms with van der Waals surface area (Å²) < 4.78 is 27.0. The molecule has 0 aliphatic carbocycles. The van der Waals surface area contributed by atoms with Gasteiger partial charge in [-0.25, -0.2) is 22.4 Å². The molecule has 0 aliphatic rings. The molecule has 0 amide bonds. The van der Waals surface area contributed by atoms with Crippen molar-refractivity contribution in [3.05, 3.63) is 47.3 Å². The summed E-state index contributed by atoms with van der Waals surface area (Å²) >= 11 is 0. The third-order valence-corrected chi connectivity index (χ3v) is 6.62. The first kappa shape index (κ1) is 23.9. The van der Waals surface area contributed by atoms with E-state index < -0.39 is 10.0 Å². The molecule has 8 nitrogen and oxygen atoms in total. The van der Waals surface area contributed by atoms with Crippen molar-refractivity contribution >= 4 is 16.0 Å². The fraction of sp³-hybridized carbons (Fsp3) is 0.524. The molecule has 0 saturated heterocycles. The van der Waals surface area contributed by atoms with Crippen molar-refractivity contribution < 1.29 is 8.42 Å². The molecular formula is C21H34N6O2S. The van der Waals surface area contributed by atoms with Crippen molar-refractivity contribution in [3.8, 4) is 5.69 Å². The Labute approximate surface area is 180 Å². The molecule has 1 aromatic carbocycles. The Hall–Kier alpha value is -2.39. The van der Waals surface area contributed by atoms with Gasteiger partial charge >= 0.3 is 0 Å². The number of hydrogen-bond acceptors (Lipinski definition) is 4. The average molecular weight is 435 g/mol. The van der Waals surface area contributed by atoms with Crippen molar-refractivity contribution in [3.63, 3.8) is 0 Å². The van der Waals surface area contributed by atoms with E-state index in [-0.39, 0.29) is 5.75 Å². The van der Waals surface area contributed by atoms with E-state index in [1.807, 2.05) is 37.6 Å². The second-order valence-electron chi connectivity index (χ2n) is 7.17. The first-order valence-corrected chi connectivity index (χ1v) is 12.0. The molecule has 0 unspecified atom stereocenters.